The Kier molecular flexibility index (Phi) is 11.9. The standard InChI is InChI=1S/C16H27N3O2.HI/c1-5-13(2)19-16(17-3)18-12-14-7-6-8-15(11-14)21-10-9-20-4;/h6-8,11,13H,5,9-10,12H2,1-4H3,(H2,17,18,19);1H. The third-order valence-electron chi connectivity index (χ3n) is 3.13. The molecule has 0 spiro atoms. The molecule has 1 aromatic carbocycles. The lowest BCUT2D eigenvalue weighted by atomic mass is 10.2. The zero-order chi connectivity index (χ0) is 15.5. The summed E-state index contributed by atoms with van der Waals surface area (Å²) >= 11 is 0. The lowest BCUT2D eigenvalue weighted by Gasteiger charge is -2.16. The quantitative estimate of drug-likeness (QED) is 0.294. The highest BCUT2D eigenvalue weighted by atomic mass is 127. The maximum atomic E-state index is 5.60. The first-order valence-electron chi connectivity index (χ1n) is 7.37. The number of nitrogens with zero attached hydrogens (tertiary/aromatic N) is 1. The number of ether oxygens (including phenoxy) is 2. The molecule has 0 aliphatic rings. The van der Waals surface area contributed by atoms with Gasteiger partial charge in [0.15, 0.2) is 5.96 Å². The summed E-state index contributed by atoms with van der Waals surface area (Å²) in [6, 6.07) is 8.43. The van der Waals surface area contributed by atoms with Gasteiger partial charge in [0.2, 0.25) is 0 Å². The number of hydrogen-bond acceptors (Lipinski definition) is 3. The largest absolute Gasteiger partial charge is 0.491 e. The van der Waals surface area contributed by atoms with Gasteiger partial charge >= 0.3 is 0 Å². The fourth-order valence-electron chi connectivity index (χ4n) is 1.70. The van der Waals surface area contributed by atoms with Crippen molar-refractivity contribution in [3.8, 4) is 5.75 Å². The number of rotatable bonds is 8. The molecule has 126 valence electrons. The Morgan fingerprint density at radius 3 is 2.73 bits per heavy atom. The molecule has 1 unspecified atom stereocenters. The van der Waals surface area contributed by atoms with Crippen LogP contribution in [-0.2, 0) is 11.3 Å². The smallest absolute Gasteiger partial charge is 0.191 e. The van der Waals surface area contributed by atoms with Crippen LogP contribution in [0.3, 0.4) is 0 Å². The van der Waals surface area contributed by atoms with Gasteiger partial charge in [0.05, 0.1) is 6.61 Å². The van der Waals surface area contributed by atoms with Crippen LogP contribution in [0, 0.1) is 0 Å². The number of halogens is 1. The normalized spacial score (nSPS) is 12.3. The van der Waals surface area contributed by atoms with E-state index in [0.717, 1.165) is 23.7 Å². The maximum absolute atomic E-state index is 5.60. The average Bonchev–Trinajstić information content (AvgIpc) is 2.51. The zero-order valence-corrected chi connectivity index (χ0v) is 16.2. The average molecular weight is 421 g/mol. The first kappa shape index (κ1) is 21.0. The van der Waals surface area contributed by atoms with E-state index in [9.17, 15) is 0 Å². The van der Waals surface area contributed by atoms with Crippen molar-refractivity contribution in [1.82, 2.24) is 10.6 Å². The van der Waals surface area contributed by atoms with Gasteiger partial charge in [0.1, 0.15) is 12.4 Å². The van der Waals surface area contributed by atoms with E-state index >= 15 is 0 Å². The summed E-state index contributed by atoms with van der Waals surface area (Å²) in [4.78, 5) is 4.22. The minimum atomic E-state index is 0. The van der Waals surface area contributed by atoms with Crippen LogP contribution in [0.1, 0.15) is 25.8 Å². The van der Waals surface area contributed by atoms with Crippen LogP contribution in [-0.4, -0.2) is 39.4 Å². The number of benzene rings is 1. The van der Waals surface area contributed by atoms with Gasteiger partial charge < -0.3 is 20.1 Å². The molecule has 0 aliphatic carbocycles. The van der Waals surface area contributed by atoms with Gasteiger partial charge in [0.25, 0.3) is 0 Å². The van der Waals surface area contributed by atoms with Crippen LogP contribution < -0.4 is 15.4 Å². The Hall–Kier alpha value is -1.02. The van der Waals surface area contributed by atoms with Crippen molar-refractivity contribution >= 4 is 29.9 Å². The molecule has 1 atom stereocenters. The summed E-state index contributed by atoms with van der Waals surface area (Å²) in [6.07, 6.45) is 1.06. The van der Waals surface area contributed by atoms with Crippen LogP contribution in [0.4, 0.5) is 0 Å². The lowest BCUT2D eigenvalue weighted by Crippen LogP contribution is -2.41. The van der Waals surface area contributed by atoms with Crippen LogP contribution in [0.15, 0.2) is 29.3 Å². The molecule has 0 saturated heterocycles. The summed E-state index contributed by atoms with van der Waals surface area (Å²) < 4.78 is 10.6. The van der Waals surface area contributed by atoms with E-state index < -0.39 is 0 Å². The van der Waals surface area contributed by atoms with Crippen LogP contribution in [0.5, 0.6) is 5.75 Å². The molecule has 22 heavy (non-hydrogen) atoms. The predicted molar refractivity (Wildman–Crippen MR) is 102 cm³/mol. The van der Waals surface area contributed by atoms with Gasteiger partial charge in [-0.2, -0.15) is 0 Å². The number of nitrogens with one attached hydrogen (secondary N) is 2. The van der Waals surface area contributed by atoms with Gasteiger partial charge in [-0.25, -0.2) is 0 Å². The molecule has 0 aliphatic heterocycles. The van der Waals surface area contributed by atoms with Gasteiger partial charge in [0, 0.05) is 26.7 Å². The van der Waals surface area contributed by atoms with E-state index in [1.165, 1.54) is 0 Å². The molecule has 0 fully saturated rings. The van der Waals surface area contributed by atoms with Crippen molar-refractivity contribution < 1.29 is 9.47 Å². The van der Waals surface area contributed by atoms with Crippen LogP contribution >= 0.6 is 24.0 Å². The Labute approximate surface area is 150 Å². The first-order valence-corrected chi connectivity index (χ1v) is 7.37. The highest BCUT2D eigenvalue weighted by Gasteiger charge is 2.03. The Bertz CT molecular complexity index is 441. The molecule has 0 saturated carbocycles. The third kappa shape index (κ3) is 8.43. The Morgan fingerprint density at radius 2 is 2.09 bits per heavy atom. The number of hydrogen-bond donors (Lipinski definition) is 2. The summed E-state index contributed by atoms with van der Waals surface area (Å²) in [5.41, 5.74) is 1.15. The second-order valence-corrected chi connectivity index (χ2v) is 4.87. The highest BCUT2D eigenvalue weighted by Crippen LogP contribution is 2.13. The van der Waals surface area contributed by atoms with Crippen molar-refractivity contribution in [2.75, 3.05) is 27.4 Å². The fraction of sp³-hybridized carbons (Fsp3) is 0.562. The highest BCUT2D eigenvalue weighted by molar-refractivity contribution is 14.0. The number of guanidine groups is 1. The minimum absolute atomic E-state index is 0. The fourth-order valence-corrected chi connectivity index (χ4v) is 1.70. The van der Waals surface area contributed by atoms with Crippen molar-refractivity contribution in [2.45, 2.75) is 32.9 Å². The molecular formula is C16H28IN3O2. The molecule has 1 rings (SSSR count). The predicted octanol–water partition coefficient (Wildman–Crippen LogP) is 2.79. The molecule has 6 heteroatoms. The minimum Gasteiger partial charge on any atom is -0.491 e. The van der Waals surface area contributed by atoms with Crippen molar-refractivity contribution in [1.29, 1.82) is 0 Å². The van der Waals surface area contributed by atoms with E-state index in [-0.39, 0.29) is 24.0 Å². The van der Waals surface area contributed by atoms with Gasteiger partial charge in [-0.3, -0.25) is 4.99 Å². The van der Waals surface area contributed by atoms with Gasteiger partial charge in [-0.15, -0.1) is 24.0 Å². The topological polar surface area (TPSA) is 54.9 Å². The van der Waals surface area contributed by atoms with Crippen molar-refractivity contribution in [3.63, 3.8) is 0 Å². The summed E-state index contributed by atoms with van der Waals surface area (Å²) in [6.45, 7) is 6.14. The van der Waals surface area contributed by atoms with E-state index in [1.807, 2.05) is 18.2 Å². The second kappa shape index (κ2) is 12.5. The van der Waals surface area contributed by atoms with Gasteiger partial charge in [-0.1, -0.05) is 19.1 Å². The molecule has 5 nitrogen and oxygen atoms in total. The monoisotopic (exact) mass is 421 g/mol. The molecule has 0 aromatic heterocycles. The van der Waals surface area contributed by atoms with Crippen LogP contribution in [0.2, 0.25) is 0 Å². The van der Waals surface area contributed by atoms with E-state index in [4.69, 9.17) is 9.47 Å². The summed E-state index contributed by atoms with van der Waals surface area (Å²) in [7, 11) is 3.45. The van der Waals surface area contributed by atoms with E-state index in [2.05, 4.69) is 35.5 Å². The number of methoxy groups -OCH3 is 1. The SMILES string of the molecule is CCC(C)NC(=NC)NCc1cccc(OCCOC)c1.I. The Balaban J connectivity index is 0.00000441. The molecule has 0 radical (unpaired) electrons. The van der Waals surface area contributed by atoms with Crippen LogP contribution in [0.25, 0.3) is 0 Å². The summed E-state index contributed by atoms with van der Waals surface area (Å²) in [5.74, 6) is 1.67. The molecule has 0 bridgehead atoms. The molecule has 0 heterocycles. The molecule has 2 N–H and O–H groups in total. The number of aliphatic imine (C=N–C) groups is 1. The molecule has 1 aromatic rings. The second-order valence-electron chi connectivity index (χ2n) is 4.87. The molecule has 0 amide bonds. The molecular weight excluding hydrogens is 393 g/mol. The zero-order valence-electron chi connectivity index (χ0n) is 13.9. The van der Waals surface area contributed by atoms with E-state index in [0.29, 0.717) is 25.8 Å². The van der Waals surface area contributed by atoms with Crippen molar-refractivity contribution in [2.24, 2.45) is 4.99 Å². The Morgan fingerprint density at radius 1 is 1.32 bits per heavy atom. The summed E-state index contributed by atoms with van der Waals surface area (Å²) in [5, 5.41) is 6.64. The van der Waals surface area contributed by atoms with E-state index in [1.54, 1.807) is 14.2 Å². The maximum Gasteiger partial charge on any atom is 0.191 e. The first-order chi connectivity index (χ1) is 10.2. The third-order valence-corrected chi connectivity index (χ3v) is 3.13. The lowest BCUT2D eigenvalue weighted by molar-refractivity contribution is 0.146. The van der Waals surface area contributed by atoms with Crippen molar-refractivity contribution in [3.05, 3.63) is 29.8 Å². The van der Waals surface area contributed by atoms with Gasteiger partial charge in [-0.05, 0) is 31.0 Å².